The lowest BCUT2D eigenvalue weighted by atomic mass is 10.2. The minimum absolute atomic E-state index is 0.568. The summed E-state index contributed by atoms with van der Waals surface area (Å²) in [6.45, 7) is 7.17. The number of hydrogen-bond donors (Lipinski definition) is 2. The Hall–Kier alpha value is -2.14. The van der Waals surface area contributed by atoms with Crippen molar-refractivity contribution < 1.29 is 0 Å². The summed E-state index contributed by atoms with van der Waals surface area (Å²) in [4.78, 5) is 4.65. The van der Waals surface area contributed by atoms with Crippen LogP contribution in [0.1, 0.15) is 37.4 Å². The van der Waals surface area contributed by atoms with E-state index >= 15 is 0 Å². The number of para-hydroxylation sites is 1. The van der Waals surface area contributed by atoms with Crippen LogP contribution in [-0.4, -0.2) is 16.6 Å². The first-order valence-corrected chi connectivity index (χ1v) is 8.85. The van der Waals surface area contributed by atoms with Crippen LogP contribution in [0.2, 0.25) is 0 Å². The maximum atomic E-state index is 5.47. The molecule has 2 rings (SSSR count). The second-order valence-electron chi connectivity index (χ2n) is 5.93. The van der Waals surface area contributed by atoms with E-state index in [0.717, 1.165) is 30.2 Å². The second kappa shape index (κ2) is 9.23. The highest BCUT2D eigenvalue weighted by molar-refractivity contribution is 7.80. The molecule has 0 aliphatic heterocycles. The second-order valence-corrected chi connectivity index (χ2v) is 6.34. The lowest BCUT2D eigenvalue weighted by Gasteiger charge is -2.26. The zero-order valence-corrected chi connectivity index (χ0v) is 15.5. The van der Waals surface area contributed by atoms with Crippen molar-refractivity contribution in [2.24, 2.45) is 0 Å². The van der Waals surface area contributed by atoms with Gasteiger partial charge in [-0.15, -0.1) is 0 Å². The molecule has 0 radical (unpaired) electrons. The quantitative estimate of drug-likeness (QED) is 0.437. The number of hydrogen-bond acceptors (Lipinski definition) is 3. The molecular weight excluding hydrogens is 316 g/mol. The van der Waals surface area contributed by atoms with E-state index in [9.17, 15) is 0 Å². The van der Waals surface area contributed by atoms with Gasteiger partial charge in [0.15, 0.2) is 5.11 Å². The van der Waals surface area contributed by atoms with E-state index in [1.807, 2.05) is 42.3 Å². The van der Waals surface area contributed by atoms with Crippen molar-refractivity contribution in [3.05, 3.63) is 53.7 Å². The standard InChI is InChI=1S/C19H26N4S/c1-4-5-9-12-23(18-14-15(2)13-16(3)20-18)22-19(24)21-17-10-7-6-8-11-17/h6-8,10-11,13-14H,4-5,9,12H2,1-3H3,(H2,21,22,24). The summed E-state index contributed by atoms with van der Waals surface area (Å²) in [5.74, 6) is 0.904. The zero-order chi connectivity index (χ0) is 17.4. The molecule has 5 heteroatoms. The molecule has 0 atom stereocenters. The van der Waals surface area contributed by atoms with Crippen molar-refractivity contribution in [2.45, 2.75) is 40.0 Å². The van der Waals surface area contributed by atoms with Crippen molar-refractivity contribution in [1.29, 1.82) is 0 Å². The van der Waals surface area contributed by atoms with Gasteiger partial charge in [0.05, 0.1) is 0 Å². The van der Waals surface area contributed by atoms with Crippen LogP contribution in [0.3, 0.4) is 0 Å². The maximum absolute atomic E-state index is 5.47. The van der Waals surface area contributed by atoms with Gasteiger partial charge in [-0.25, -0.2) is 4.98 Å². The van der Waals surface area contributed by atoms with Gasteiger partial charge in [-0.1, -0.05) is 38.0 Å². The summed E-state index contributed by atoms with van der Waals surface area (Å²) in [7, 11) is 0. The van der Waals surface area contributed by atoms with Crippen LogP contribution in [0.25, 0.3) is 0 Å². The Labute approximate surface area is 150 Å². The number of anilines is 2. The van der Waals surface area contributed by atoms with Crippen molar-refractivity contribution >= 4 is 28.8 Å². The fourth-order valence-electron chi connectivity index (χ4n) is 2.51. The summed E-state index contributed by atoms with van der Waals surface area (Å²) in [6, 6.07) is 14.1. The smallest absolute Gasteiger partial charge is 0.189 e. The third-order valence-corrected chi connectivity index (χ3v) is 3.81. The molecule has 0 spiro atoms. The molecule has 0 aliphatic carbocycles. The number of aromatic nitrogens is 1. The highest BCUT2D eigenvalue weighted by Crippen LogP contribution is 2.14. The predicted molar refractivity (Wildman–Crippen MR) is 106 cm³/mol. The molecule has 2 N–H and O–H groups in total. The molecule has 0 saturated heterocycles. The van der Waals surface area contributed by atoms with Crippen molar-refractivity contribution in [3.8, 4) is 0 Å². The number of unbranched alkanes of at least 4 members (excludes halogenated alkanes) is 2. The summed E-state index contributed by atoms with van der Waals surface area (Å²) in [5, 5.41) is 5.82. The molecule has 0 unspecified atom stereocenters. The fraction of sp³-hybridized carbons (Fsp3) is 0.368. The van der Waals surface area contributed by atoms with E-state index in [2.05, 4.69) is 41.7 Å². The van der Waals surface area contributed by atoms with E-state index in [1.54, 1.807) is 0 Å². The fourth-order valence-corrected chi connectivity index (χ4v) is 2.74. The summed E-state index contributed by atoms with van der Waals surface area (Å²) >= 11 is 5.47. The highest BCUT2D eigenvalue weighted by atomic mass is 32.1. The van der Waals surface area contributed by atoms with Crippen LogP contribution in [0.5, 0.6) is 0 Å². The number of thiocarbonyl (C=S) groups is 1. The molecule has 0 bridgehead atoms. The van der Waals surface area contributed by atoms with Gasteiger partial charge in [0.1, 0.15) is 5.82 Å². The highest BCUT2D eigenvalue weighted by Gasteiger charge is 2.10. The van der Waals surface area contributed by atoms with Gasteiger partial charge >= 0.3 is 0 Å². The lowest BCUT2D eigenvalue weighted by molar-refractivity contribution is 0.655. The van der Waals surface area contributed by atoms with Gasteiger partial charge in [-0.2, -0.15) is 0 Å². The monoisotopic (exact) mass is 342 g/mol. The third kappa shape index (κ3) is 5.81. The SMILES string of the molecule is CCCCCN(NC(=S)Nc1ccccc1)c1cc(C)cc(C)n1. The molecule has 0 amide bonds. The van der Waals surface area contributed by atoms with E-state index < -0.39 is 0 Å². The molecule has 1 aromatic carbocycles. The Balaban J connectivity index is 2.08. The molecule has 4 nitrogen and oxygen atoms in total. The average molecular weight is 343 g/mol. The first-order chi connectivity index (χ1) is 11.6. The predicted octanol–water partition coefficient (Wildman–Crippen LogP) is 4.60. The Morgan fingerprint density at radius 1 is 1.12 bits per heavy atom. The molecule has 24 heavy (non-hydrogen) atoms. The third-order valence-electron chi connectivity index (χ3n) is 3.61. The lowest BCUT2D eigenvalue weighted by Crippen LogP contribution is -2.45. The first kappa shape index (κ1) is 18.2. The van der Waals surface area contributed by atoms with Crippen LogP contribution in [0.15, 0.2) is 42.5 Å². The number of rotatable bonds is 7. The van der Waals surface area contributed by atoms with Gasteiger partial charge in [0, 0.05) is 17.9 Å². The number of pyridine rings is 1. The number of aryl methyl sites for hydroxylation is 2. The Bertz CT molecular complexity index is 637. The van der Waals surface area contributed by atoms with Crippen LogP contribution >= 0.6 is 12.2 Å². The molecule has 1 aromatic heterocycles. The number of nitrogens with one attached hydrogen (secondary N) is 2. The molecule has 1 heterocycles. The average Bonchev–Trinajstić information content (AvgIpc) is 2.54. The van der Waals surface area contributed by atoms with Crippen LogP contribution in [0, 0.1) is 13.8 Å². The van der Waals surface area contributed by atoms with Crippen LogP contribution < -0.4 is 15.8 Å². The Kier molecular flexibility index (Phi) is 7.00. The van der Waals surface area contributed by atoms with Crippen LogP contribution in [-0.2, 0) is 0 Å². The molecule has 0 aliphatic rings. The minimum Gasteiger partial charge on any atom is -0.331 e. The number of hydrazine groups is 1. The Morgan fingerprint density at radius 3 is 2.54 bits per heavy atom. The largest absolute Gasteiger partial charge is 0.331 e. The molecule has 0 fully saturated rings. The Morgan fingerprint density at radius 2 is 1.88 bits per heavy atom. The summed E-state index contributed by atoms with van der Waals surface area (Å²) in [6.07, 6.45) is 3.45. The minimum atomic E-state index is 0.568. The van der Waals surface area contributed by atoms with Gasteiger partial charge < -0.3 is 5.32 Å². The number of nitrogens with zero attached hydrogens (tertiary/aromatic N) is 2. The van der Waals surface area contributed by atoms with Crippen LogP contribution in [0.4, 0.5) is 11.5 Å². The van der Waals surface area contributed by atoms with Gasteiger partial charge in [-0.05, 0) is 62.3 Å². The molecule has 2 aromatic rings. The van der Waals surface area contributed by atoms with E-state index in [4.69, 9.17) is 12.2 Å². The zero-order valence-electron chi connectivity index (χ0n) is 14.7. The molecule has 128 valence electrons. The van der Waals surface area contributed by atoms with Crippen molar-refractivity contribution in [2.75, 3.05) is 16.9 Å². The van der Waals surface area contributed by atoms with Gasteiger partial charge in [-0.3, -0.25) is 10.4 Å². The van der Waals surface area contributed by atoms with E-state index in [1.165, 1.54) is 18.4 Å². The molecule has 0 saturated carbocycles. The van der Waals surface area contributed by atoms with E-state index in [0.29, 0.717) is 5.11 Å². The van der Waals surface area contributed by atoms with Crippen molar-refractivity contribution in [1.82, 2.24) is 10.4 Å². The molecular formula is C19H26N4S. The number of benzene rings is 1. The normalized spacial score (nSPS) is 10.3. The van der Waals surface area contributed by atoms with E-state index in [-0.39, 0.29) is 0 Å². The summed E-state index contributed by atoms with van der Waals surface area (Å²) in [5.41, 5.74) is 6.46. The van der Waals surface area contributed by atoms with Crippen molar-refractivity contribution in [3.63, 3.8) is 0 Å². The first-order valence-electron chi connectivity index (χ1n) is 8.44. The van der Waals surface area contributed by atoms with Gasteiger partial charge in [0.25, 0.3) is 0 Å². The topological polar surface area (TPSA) is 40.2 Å². The maximum Gasteiger partial charge on any atom is 0.189 e. The summed E-state index contributed by atoms with van der Waals surface area (Å²) < 4.78 is 0. The van der Waals surface area contributed by atoms with Gasteiger partial charge in [0.2, 0.25) is 0 Å².